The van der Waals surface area contributed by atoms with E-state index in [1.807, 2.05) is 25.1 Å². The molecule has 1 aromatic carbocycles. The van der Waals surface area contributed by atoms with Gasteiger partial charge in [-0.15, -0.1) is 0 Å². The van der Waals surface area contributed by atoms with Crippen LogP contribution in [0.4, 0.5) is 0 Å². The molecule has 86 valence electrons. The fourth-order valence-corrected chi connectivity index (χ4v) is 1.84. The first-order valence-corrected chi connectivity index (χ1v) is 5.25. The summed E-state index contributed by atoms with van der Waals surface area (Å²) in [4.78, 5) is 0. The molecule has 1 aromatic rings. The summed E-state index contributed by atoms with van der Waals surface area (Å²) in [7, 11) is 3.28. The van der Waals surface area contributed by atoms with Crippen molar-refractivity contribution >= 4 is 5.71 Å². The second-order valence-electron chi connectivity index (χ2n) is 3.85. The van der Waals surface area contributed by atoms with Gasteiger partial charge in [0.05, 0.1) is 20.3 Å². The van der Waals surface area contributed by atoms with Gasteiger partial charge in [0.2, 0.25) is 0 Å². The Labute approximate surface area is 95.3 Å². The van der Waals surface area contributed by atoms with Gasteiger partial charge >= 0.3 is 0 Å². The van der Waals surface area contributed by atoms with Crippen molar-refractivity contribution in [3.63, 3.8) is 0 Å². The Kier molecular flexibility index (Phi) is 2.99. The van der Waals surface area contributed by atoms with Gasteiger partial charge in [-0.3, -0.25) is 0 Å². The zero-order valence-electron chi connectivity index (χ0n) is 9.78. The van der Waals surface area contributed by atoms with E-state index in [9.17, 15) is 0 Å². The quantitative estimate of drug-likeness (QED) is 0.848. The van der Waals surface area contributed by atoms with Crippen molar-refractivity contribution in [2.45, 2.75) is 19.4 Å². The maximum Gasteiger partial charge on any atom is 0.161 e. The monoisotopic (exact) mass is 220 g/mol. The van der Waals surface area contributed by atoms with E-state index in [1.54, 1.807) is 14.2 Å². The average Bonchev–Trinajstić information content (AvgIpc) is 2.75. The van der Waals surface area contributed by atoms with Crippen LogP contribution in [0.25, 0.3) is 0 Å². The van der Waals surface area contributed by atoms with Gasteiger partial charge in [0, 0.05) is 12.1 Å². The number of benzene rings is 1. The molecule has 0 aliphatic carbocycles. The minimum Gasteiger partial charge on any atom is -0.493 e. The van der Waals surface area contributed by atoms with E-state index in [1.165, 1.54) is 5.56 Å². The molecule has 4 heteroatoms. The predicted octanol–water partition coefficient (Wildman–Crippen LogP) is 2.11. The van der Waals surface area contributed by atoms with Crippen LogP contribution >= 0.6 is 0 Å². The molecule has 1 atom stereocenters. The van der Waals surface area contributed by atoms with Crippen LogP contribution in [0.3, 0.4) is 0 Å². The van der Waals surface area contributed by atoms with Gasteiger partial charge in [-0.1, -0.05) is 6.07 Å². The number of hydrogen-bond donors (Lipinski definition) is 1. The molecule has 0 saturated heterocycles. The van der Waals surface area contributed by atoms with Crippen LogP contribution in [0, 0.1) is 0 Å². The van der Waals surface area contributed by atoms with E-state index in [0.29, 0.717) is 0 Å². The molecule has 2 rings (SSSR count). The van der Waals surface area contributed by atoms with E-state index < -0.39 is 0 Å². The van der Waals surface area contributed by atoms with Crippen molar-refractivity contribution in [3.8, 4) is 11.5 Å². The van der Waals surface area contributed by atoms with E-state index in [-0.39, 0.29) is 6.04 Å². The molecule has 1 aliphatic rings. The third kappa shape index (κ3) is 1.96. The second-order valence-corrected chi connectivity index (χ2v) is 3.85. The second kappa shape index (κ2) is 4.43. The molecule has 0 amide bonds. The Morgan fingerprint density at radius 1 is 1.25 bits per heavy atom. The smallest absolute Gasteiger partial charge is 0.161 e. The molecule has 0 aromatic heterocycles. The van der Waals surface area contributed by atoms with E-state index >= 15 is 0 Å². The van der Waals surface area contributed by atoms with Crippen molar-refractivity contribution in [3.05, 3.63) is 23.8 Å². The van der Waals surface area contributed by atoms with Crippen molar-refractivity contribution in [2.24, 2.45) is 5.10 Å². The highest BCUT2D eigenvalue weighted by Gasteiger charge is 2.18. The molecular formula is C12H16N2O2. The number of nitrogens with zero attached hydrogens (tertiary/aromatic N) is 1. The summed E-state index contributed by atoms with van der Waals surface area (Å²) in [6, 6.07) is 6.20. The van der Waals surface area contributed by atoms with E-state index in [2.05, 4.69) is 10.5 Å². The van der Waals surface area contributed by atoms with Gasteiger partial charge < -0.3 is 14.9 Å². The number of rotatable bonds is 3. The standard InChI is InChI=1S/C12H16N2O2/c1-8-6-10(14-13-8)9-4-5-11(15-2)12(7-9)16-3/h4-5,7,10,14H,6H2,1-3H3. The van der Waals surface area contributed by atoms with E-state index in [4.69, 9.17) is 9.47 Å². The first kappa shape index (κ1) is 10.8. The molecular weight excluding hydrogens is 204 g/mol. The summed E-state index contributed by atoms with van der Waals surface area (Å²) < 4.78 is 10.5. The van der Waals surface area contributed by atoms with Gasteiger partial charge in [-0.25, -0.2) is 0 Å². The Bertz CT molecular complexity index is 415. The maximum atomic E-state index is 5.27. The average molecular weight is 220 g/mol. The summed E-state index contributed by atoms with van der Waals surface area (Å²) in [6.45, 7) is 2.02. The van der Waals surface area contributed by atoms with Crippen molar-refractivity contribution in [1.29, 1.82) is 0 Å². The third-order valence-electron chi connectivity index (χ3n) is 2.72. The lowest BCUT2D eigenvalue weighted by Crippen LogP contribution is -2.09. The zero-order valence-corrected chi connectivity index (χ0v) is 9.78. The normalized spacial score (nSPS) is 18.9. The van der Waals surface area contributed by atoms with Crippen LogP contribution in [0.15, 0.2) is 23.3 Å². The molecule has 1 aliphatic heterocycles. The highest BCUT2D eigenvalue weighted by atomic mass is 16.5. The molecule has 0 fully saturated rings. The summed E-state index contributed by atoms with van der Waals surface area (Å²) >= 11 is 0. The molecule has 0 radical (unpaired) electrons. The largest absolute Gasteiger partial charge is 0.493 e. The van der Waals surface area contributed by atoms with Crippen LogP contribution in [-0.2, 0) is 0 Å². The molecule has 0 saturated carbocycles. The lowest BCUT2D eigenvalue weighted by atomic mass is 10.0. The van der Waals surface area contributed by atoms with E-state index in [0.717, 1.165) is 23.6 Å². The van der Waals surface area contributed by atoms with Crippen LogP contribution < -0.4 is 14.9 Å². The minimum atomic E-state index is 0.250. The van der Waals surface area contributed by atoms with Gasteiger partial charge in [0.15, 0.2) is 11.5 Å². The summed E-state index contributed by atoms with van der Waals surface area (Å²) in [5.74, 6) is 1.51. The molecule has 1 heterocycles. The fourth-order valence-electron chi connectivity index (χ4n) is 1.84. The van der Waals surface area contributed by atoms with Crippen LogP contribution in [0.2, 0.25) is 0 Å². The minimum absolute atomic E-state index is 0.250. The Hall–Kier alpha value is -1.71. The summed E-state index contributed by atoms with van der Waals surface area (Å²) in [5.41, 5.74) is 5.39. The van der Waals surface area contributed by atoms with Crippen molar-refractivity contribution < 1.29 is 9.47 Å². The first-order chi connectivity index (χ1) is 7.74. The lowest BCUT2D eigenvalue weighted by Gasteiger charge is -2.13. The highest BCUT2D eigenvalue weighted by Crippen LogP contribution is 2.31. The molecule has 0 spiro atoms. The number of hydrogen-bond acceptors (Lipinski definition) is 4. The maximum absolute atomic E-state index is 5.27. The zero-order chi connectivity index (χ0) is 11.5. The first-order valence-electron chi connectivity index (χ1n) is 5.25. The third-order valence-corrected chi connectivity index (χ3v) is 2.72. The van der Waals surface area contributed by atoms with Gasteiger partial charge in [-0.05, 0) is 24.6 Å². The summed E-state index contributed by atoms with van der Waals surface area (Å²) in [5, 5.41) is 4.19. The van der Waals surface area contributed by atoms with Crippen molar-refractivity contribution in [1.82, 2.24) is 5.43 Å². The topological polar surface area (TPSA) is 42.8 Å². The summed E-state index contributed by atoms with van der Waals surface area (Å²) in [6.07, 6.45) is 0.940. The fraction of sp³-hybridized carbons (Fsp3) is 0.417. The Morgan fingerprint density at radius 3 is 2.56 bits per heavy atom. The molecule has 16 heavy (non-hydrogen) atoms. The lowest BCUT2D eigenvalue weighted by molar-refractivity contribution is 0.354. The Balaban J connectivity index is 2.23. The van der Waals surface area contributed by atoms with Gasteiger partial charge in [0.25, 0.3) is 0 Å². The number of methoxy groups -OCH3 is 2. The number of hydrazone groups is 1. The van der Waals surface area contributed by atoms with Crippen molar-refractivity contribution in [2.75, 3.05) is 14.2 Å². The highest BCUT2D eigenvalue weighted by molar-refractivity contribution is 5.83. The molecule has 1 N–H and O–H groups in total. The molecule has 1 unspecified atom stereocenters. The Morgan fingerprint density at radius 2 is 2.00 bits per heavy atom. The number of nitrogens with one attached hydrogen (secondary N) is 1. The van der Waals surface area contributed by atoms with Gasteiger partial charge in [0.1, 0.15) is 0 Å². The predicted molar refractivity (Wildman–Crippen MR) is 63.1 cm³/mol. The van der Waals surface area contributed by atoms with Crippen LogP contribution in [-0.4, -0.2) is 19.9 Å². The number of ether oxygens (including phenoxy) is 2. The molecule has 0 bridgehead atoms. The van der Waals surface area contributed by atoms with Crippen LogP contribution in [0.1, 0.15) is 24.9 Å². The SMILES string of the molecule is COc1ccc(C2CC(C)=NN2)cc1OC. The van der Waals surface area contributed by atoms with Crippen LogP contribution in [0.5, 0.6) is 11.5 Å². The molecule has 4 nitrogen and oxygen atoms in total. The van der Waals surface area contributed by atoms with Gasteiger partial charge in [-0.2, -0.15) is 5.10 Å².